The molecule has 0 aromatic heterocycles. The average molecular weight is 923 g/mol. The third-order valence-corrected chi connectivity index (χ3v) is 12.0. The van der Waals surface area contributed by atoms with Gasteiger partial charge in [-0.15, -0.1) is 0 Å². The molecule has 0 saturated carbocycles. The Labute approximate surface area is 403 Å². The molecule has 0 saturated heterocycles. The Morgan fingerprint density at radius 1 is 0.406 bits per heavy atom. The first kappa shape index (κ1) is 46.2. The summed E-state index contributed by atoms with van der Waals surface area (Å²) in [5.41, 5.74) is 3.78. The van der Waals surface area contributed by atoms with Gasteiger partial charge in [-0.3, -0.25) is 0 Å². The summed E-state index contributed by atoms with van der Waals surface area (Å²) < 4.78 is 58.8. The molecule has 10 nitrogen and oxygen atoms in total. The van der Waals surface area contributed by atoms with Gasteiger partial charge in [-0.25, -0.2) is 0 Å². The SMILES string of the molecule is COc1cc(OC)c(C2(O)c3c(OCc4ccccc4)cc(OCc4ccccc4)cc3OC(c3ccc(OCc4ccccc4)c(OCc4ccccc4)c3)C2OCc2ccccc2)c(OC)c1. The van der Waals surface area contributed by atoms with E-state index in [1.54, 1.807) is 31.4 Å². The maximum Gasteiger partial charge on any atom is 0.162 e. The molecule has 0 radical (unpaired) electrons. The summed E-state index contributed by atoms with van der Waals surface area (Å²) >= 11 is 0. The van der Waals surface area contributed by atoms with E-state index in [1.165, 1.54) is 14.2 Å². The highest BCUT2D eigenvalue weighted by Gasteiger charge is 2.57. The fourth-order valence-electron chi connectivity index (χ4n) is 8.53. The van der Waals surface area contributed by atoms with Crippen molar-refractivity contribution >= 4 is 0 Å². The van der Waals surface area contributed by atoms with E-state index >= 15 is 0 Å². The van der Waals surface area contributed by atoms with Crippen molar-refractivity contribution in [2.45, 2.75) is 50.8 Å². The van der Waals surface area contributed by atoms with Crippen molar-refractivity contribution < 1.29 is 47.7 Å². The minimum atomic E-state index is -2.13. The maximum atomic E-state index is 14.4. The number of hydrogen-bond donors (Lipinski definition) is 1. The van der Waals surface area contributed by atoms with Gasteiger partial charge in [0.05, 0.1) is 39.1 Å². The smallest absolute Gasteiger partial charge is 0.162 e. The first-order valence-corrected chi connectivity index (χ1v) is 22.8. The Kier molecular flexibility index (Phi) is 14.6. The lowest BCUT2D eigenvalue weighted by atomic mass is 9.74. The number of rotatable bonds is 20. The van der Waals surface area contributed by atoms with Crippen molar-refractivity contribution in [2.75, 3.05) is 21.3 Å². The summed E-state index contributed by atoms with van der Waals surface area (Å²) in [6.45, 7) is 1.10. The first-order valence-electron chi connectivity index (χ1n) is 22.8. The zero-order valence-corrected chi connectivity index (χ0v) is 38.8. The molecule has 0 aliphatic carbocycles. The van der Waals surface area contributed by atoms with Crippen LogP contribution in [0, 0.1) is 0 Å². The molecule has 3 atom stereocenters. The lowest BCUT2D eigenvalue weighted by molar-refractivity contribution is -0.158. The van der Waals surface area contributed by atoms with Crippen LogP contribution in [0.15, 0.2) is 194 Å². The van der Waals surface area contributed by atoms with Crippen LogP contribution in [0.5, 0.6) is 46.0 Å². The minimum Gasteiger partial charge on any atom is -0.496 e. The maximum absolute atomic E-state index is 14.4. The Bertz CT molecular complexity index is 2870. The molecule has 1 aliphatic heterocycles. The molecule has 10 heteroatoms. The molecule has 69 heavy (non-hydrogen) atoms. The van der Waals surface area contributed by atoms with E-state index in [0.29, 0.717) is 40.9 Å². The van der Waals surface area contributed by atoms with Gasteiger partial charge < -0.3 is 47.7 Å². The second-order valence-electron chi connectivity index (χ2n) is 16.5. The molecule has 1 aliphatic rings. The minimum absolute atomic E-state index is 0.0951. The zero-order valence-electron chi connectivity index (χ0n) is 38.8. The largest absolute Gasteiger partial charge is 0.496 e. The predicted octanol–water partition coefficient (Wildman–Crippen LogP) is 12.0. The van der Waals surface area contributed by atoms with Crippen molar-refractivity contribution in [1.82, 2.24) is 0 Å². The van der Waals surface area contributed by atoms with Gasteiger partial charge in [0.25, 0.3) is 0 Å². The normalized spacial score (nSPS) is 16.1. The Balaban J connectivity index is 1.25. The highest BCUT2D eigenvalue weighted by molar-refractivity contribution is 5.65. The van der Waals surface area contributed by atoms with Gasteiger partial charge in [-0.2, -0.15) is 0 Å². The number of benzene rings is 8. The van der Waals surface area contributed by atoms with Crippen LogP contribution < -0.4 is 37.9 Å². The van der Waals surface area contributed by atoms with Crippen LogP contribution in [-0.4, -0.2) is 32.5 Å². The molecule has 0 spiro atoms. The topological polar surface area (TPSA) is 103 Å². The number of aliphatic hydroxyl groups is 1. The molecule has 0 amide bonds. The second kappa shape index (κ2) is 21.8. The summed E-state index contributed by atoms with van der Waals surface area (Å²) in [5, 5.41) is 14.4. The standard InChI is InChI=1S/C59H54O10/c1-61-47-32-51(62-2)55(52(33-47)63-3)59(60)56-53(67-39-44-25-15-7-16-26-44)34-48(64-36-41-19-9-4-10-20-41)35-54(56)69-57(58(59)68-40-45-27-17-8-18-28-45)46-29-30-49(65-37-42-21-11-5-12-22-42)50(31-46)66-38-43-23-13-6-14-24-43/h4-35,57-58,60H,36-40H2,1-3H3. The predicted molar refractivity (Wildman–Crippen MR) is 263 cm³/mol. The molecule has 1 heterocycles. The fourth-order valence-corrected chi connectivity index (χ4v) is 8.53. The molecular weight excluding hydrogens is 869 g/mol. The zero-order chi connectivity index (χ0) is 47.4. The molecule has 0 fully saturated rings. The van der Waals surface area contributed by atoms with E-state index in [2.05, 4.69) is 0 Å². The van der Waals surface area contributed by atoms with E-state index in [-0.39, 0.29) is 54.8 Å². The second-order valence-corrected chi connectivity index (χ2v) is 16.5. The Morgan fingerprint density at radius 3 is 1.32 bits per heavy atom. The lowest BCUT2D eigenvalue weighted by Crippen LogP contribution is -2.51. The molecular formula is C59H54O10. The quantitative estimate of drug-likeness (QED) is 0.0795. The van der Waals surface area contributed by atoms with E-state index in [0.717, 1.165) is 27.8 Å². The molecule has 1 N–H and O–H groups in total. The van der Waals surface area contributed by atoms with E-state index in [1.807, 2.05) is 170 Å². The molecule has 8 aromatic rings. The van der Waals surface area contributed by atoms with Crippen molar-refractivity contribution in [3.05, 3.63) is 239 Å². The monoisotopic (exact) mass is 922 g/mol. The van der Waals surface area contributed by atoms with E-state index in [9.17, 15) is 5.11 Å². The van der Waals surface area contributed by atoms with Crippen molar-refractivity contribution in [2.24, 2.45) is 0 Å². The van der Waals surface area contributed by atoms with Crippen molar-refractivity contribution in [3.8, 4) is 46.0 Å². The van der Waals surface area contributed by atoms with Gasteiger partial charge in [0.2, 0.25) is 0 Å². The first-order chi connectivity index (χ1) is 33.9. The molecule has 8 aromatic carbocycles. The number of hydrogen-bond acceptors (Lipinski definition) is 10. The summed E-state index contributed by atoms with van der Waals surface area (Å²) in [4.78, 5) is 0. The Morgan fingerprint density at radius 2 is 0.841 bits per heavy atom. The molecule has 3 unspecified atom stereocenters. The van der Waals surface area contributed by atoms with Crippen LogP contribution in [-0.2, 0) is 43.4 Å². The van der Waals surface area contributed by atoms with Gasteiger partial charge in [0, 0.05) is 24.3 Å². The summed E-state index contributed by atoms with van der Waals surface area (Å²) in [5.74, 6) is 3.05. The number of ether oxygens (including phenoxy) is 9. The molecule has 0 bridgehead atoms. The summed E-state index contributed by atoms with van der Waals surface area (Å²) in [7, 11) is 4.64. The summed E-state index contributed by atoms with van der Waals surface area (Å²) in [6.07, 6.45) is -2.23. The van der Waals surface area contributed by atoms with Gasteiger partial charge in [0.15, 0.2) is 23.2 Å². The van der Waals surface area contributed by atoms with Crippen LogP contribution in [0.4, 0.5) is 0 Å². The lowest BCUT2D eigenvalue weighted by Gasteiger charge is -2.46. The van der Waals surface area contributed by atoms with Crippen LogP contribution >= 0.6 is 0 Å². The van der Waals surface area contributed by atoms with Gasteiger partial charge >= 0.3 is 0 Å². The third kappa shape index (κ3) is 10.6. The van der Waals surface area contributed by atoms with E-state index in [4.69, 9.17) is 42.6 Å². The number of methoxy groups -OCH3 is 3. The van der Waals surface area contributed by atoms with Crippen molar-refractivity contribution in [3.63, 3.8) is 0 Å². The van der Waals surface area contributed by atoms with Crippen LogP contribution in [0.1, 0.15) is 50.6 Å². The van der Waals surface area contributed by atoms with Gasteiger partial charge in [-0.1, -0.05) is 158 Å². The fraction of sp³-hybridized carbons (Fsp3) is 0.186. The number of fused-ring (bicyclic) bond motifs is 1. The highest BCUT2D eigenvalue weighted by atomic mass is 16.6. The summed E-state index contributed by atoms with van der Waals surface area (Å²) in [6, 6.07) is 62.0. The highest BCUT2D eigenvalue weighted by Crippen LogP contribution is 2.59. The third-order valence-electron chi connectivity index (χ3n) is 12.0. The van der Waals surface area contributed by atoms with Crippen LogP contribution in [0.2, 0.25) is 0 Å². The average Bonchev–Trinajstić information content (AvgIpc) is 3.41. The van der Waals surface area contributed by atoms with Crippen LogP contribution in [0.3, 0.4) is 0 Å². The van der Waals surface area contributed by atoms with Gasteiger partial charge in [-0.05, 0) is 45.5 Å². The molecule has 9 rings (SSSR count). The molecule has 350 valence electrons. The Hall–Kier alpha value is -7.92. The van der Waals surface area contributed by atoms with E-state index < -0.39 is 17.8 Å². The van der Waals surface area contributed by atoms with Gasteiger partial charge in [0.1, 0.15) is 67.0 Å². The van der Waals surface area contributed by atoms with Crippen LogP contribution in [0.25, 0.3) is 0 Å². The van der Waals surface area contributed by atoms with Crippen molar-refractivity contribution in [1.29, 1.82) is 0 Å².